The fourth-order valence-electron chi connectivity index (χ4n) is 5.10. The lowest BCUT2D eigenvalue weighted by Crippen LogP contribution is -2.31. The van der Waals surface area contributed by atoms with E-state index >= 15 is 0 Å². The smallest absolute Gasteiger partial charge is 0.416 e. The summed E-state index contributed by atoms with van der Waals surface area (Å²) in [4.78, 5) is 0. The van der Waals surface area contributed by atoms with Gasteiger partial charge in [0.25, 0.3) is 0 Å². The molecule has 37 heavy (non-hydrogen) atoms. The second-order valence-corrected chi connectivity index (χ2v) is 11.0. The molecule has 10 heteroatoms. The number of alkyl halides is 3. The van der Waals surface area contributed by atoms with E-state index in [0.29, 0.717) is 38.1 Å². The van der Waals surface area contributed by atoms with Crippen molar-refractivity contribution in [3.63, 3.8) is 0 Å². The van der Waals surface area contributed by atoms with E-state index in [1.54, 1.807) is 18.2 Å². The number of nitrogens with one attached hydrogen (secondary N) is 1. The molecule has 3 nitrogen and oxygen atoms in total. The van der Waals surface area contributed by atoms with Gasteiger partial charge in [-0.25, -0.2) is 0 Å². The van der Waals surface area contributed by atoms with Crippen molar-refractivity contribution in [3.8, 4) is 11.5 Å². The van der Waals surface area contributed by atoms with Crippen LogP contribution in [0.1, 0.15) is 40.6 Å². The van der Waals surface area contributed by atoms with Crippen molar-refractivity contribution in [1.29, 1.82) is 0 Å². The Labute approximate surface area is 235 Å². The van der Waals surface area contributed by atoms with E-state index in [0.717, 1.165) is 17.2 Å². The number of ether oxygens (including phenoxy) is 2. The molecule has 0 aromatic heterocycles. The van der Waals surface area contributed by atoms with E-state index in [9.17, 15) is 13.2 Å². The van der Waals surface area contributed by atoms with E-state index < -0.39 is 17.7 Å². The van der Waals surface area contributed by atoms with Crippen LogP contribution in [-0.2, 0) is 12.8 Å². The average molecular weight is 634 g/mol. The van der Waals surface area contributed by atoms with Gasteiger partial charge in [-0.2, -0.15) is 13.2 Å². The molecule has 2 aliphatic rings. The van der Waals surface area contributed by atoms with Crippen LogP contribution in [0.3, 0.4) is 0 Å². The van der Waals surface area contributed by atoms with Gasteiger partial charge in [0, 0.05) is 21.5 Å². The van der Waals surface area contributed by atoms with E-state index in [2.05, 4.69) is 21.2 Å². The minimum atomic E-state index is -4.48. The number of anilines is 1. The molecule has 3 atom stereocenters. The Bertz CT molecular complexity index is 1400. The number of methoxy groups -OCH3 is 1. The van der Waals surface area contributed by atoms with Gasteiger partial charge in [0.1, 0.15) is 6.61 Å². The maximum Gasteiger partial charge on any atom is 0.416 e. The second-order valence-electron chi connectivity index (χ2n) is 8.92. The molecule has 0 saturated heterocycles. The zero-order chi connectivity index (χ0) is 26.5. The number of rotatable bonds is 5. The maximum atomic E-state index is 13.9. The molecule has 0 bridgehead atoms. The molecule has 0 saturated carbocycles. The number of hydrogen-bond donors (Lipinski definition) is 1. The molecule has 1 aliphatic heterocycles. The minimum absolute atomic E-state index is 0.136. The molecule has 1 heterocycles. The standard InChI is InChI=1S/C27H20BrCl3F3NO2/c1-36-22-10-14(9-19(28)26(22)37-12-13-5-6-15(29)11-21(13)31)24-17-4-2-3-16(17)23-18(27(32,33)34)7-8-20(30)25(23)35-24/h2-3,5-11,16-17,24,35H,4,12H2,1H3/t16-,17-,24-/m0/s1. The first-order valence-electron chi connectivity index (χ1n) is 11.4. The first-order chi connectivity index (χ1) is 17.6. The third-order valence-electron chi connectivity index (χ3n) is 6.77. The Morgan fingerprint density at radius 1 is 1.05 bits per heavy atom. The van der Waals surface area contributed by atoms with Crippen LogP contribution in [0.2, 0.25) is 15.1 Å². The molecular weight excluding hydrogens is 614 g/mol. The van der Waals surface area contributed by atoms with E-state index in [1.165, 1.54) is 13.2 Å². The third kappa shape index (κ3) is 5.03. The monoisotopic (exact) mass is 631 g/mol. The van der Waals surface area contributed by atoms with Crippen LogP contribution >= 0.6 is 50.7 Å². The molecule has 0 unspecified atom stereocenters. The summed E-state index contributed by atoms with van der Waals surface area (Å²) >= 11 is 22.3. The van der Waals surface area contributed by atoms with Gasteiger partial charge in [-0.3, -0.25) is 0 Å². The Hall–Kier alpha value is -2.06. The van der Waals surface area contributed by atoms with Gasteiger partial charge >= 0.3 is 6.18 Å². The number of halogens is 7. The van der Waals surface area contributed by atoms with Crippen LogP contribution in [-0.4, -0.2) is 7.11 Å². The van der Waals surface area contributed by atoms with Gasteiger partial charge < -0.3 is 14.8 Å². The minimum Gasteiger partial charge on any atom is -0.493 e. The van der Waals surface area contributed by atoms with E-state index in [-0.39, 0.29) is 29.2 Å². The van der Waals surface area contributed by atoms with Crippen LogP contribution in [0, 0.1) is 5.92 Å². The normalized spacial score (nSPS) is 20.3. The van der Waals surface area contributed by atoms with Crippen LogP contribution < -0.4 is 14.8 Å². The predicted molar refractivity (Wildman–Crippen MR) is 144 cm³/mol. The van der Waals surface area contributed by atoms with Gasteiger partial charge in [0.15, 0.2) is 11.5 Å². The Morgan fingerprint density at radius 2 is 1.84 bits per heavy atom. The Morgan fingerprint density at radius 3 is 2.54 bits per heavy atom. The first kappa shape index (κ1) is 26.5. The van der Waals surface area contributed by atoms with E-state index in [1.807, 2.05) is 24.3 Å². The molecule has 0 amide bonds. The lowest BCUT2D eigenvalue weighted by molar-refractivity contribution is -0.138. The van der Waals surface area contributed by atoms with Gasteiger partial charge in [0.2, 0.25) is 0 Å². The van der Waals surface area contributed by atoms with E-state index in [4.69, 9.17) is 44.3 Å². The van der Waals surface area contributed by atoms with Crippen LogP contribution in [0.25, 0.3) is 0 Å². The highest BCUT2D eigenvalue weighted by Crippen LogP contribution is 2.55. The van der Waals surface area contributed by atoms with Crippen LogP contribution in [0.4, 0.5) is 18.9 Å². The van der Waals surface area contributed by atoms with Gasteiger partial charge in [0.05, 0.1) is 33.9 Å². The summed E-state index contributed by atoms with van der Waals surface area (Å²) < 4.78 is 53.9. The highest BCUT2D eigenvalue weighted by molar-refractivity contribution is 9.10. The molecule has 3 aromatic carbocycles. The van der Waals surface area contributed by atoms with Crippen molar-refractivity contribution in [2.45, 2.75) is 31.2 Å². The molecular formula is C27H20BrCl3F3NO2. The van der Waals surface area contributed by atoms with Crippen LogP contribution in [0.15, 0.2) is 59.1 Å². The Kier molecular flexibility index (Phi) is 7.35. The summed E-state index contributed by atoms with van der Waals surface area (Å²) in [5.41, 5.74) is 1.42. The summed E-state index contributed by atoms with van der Waals surface area (Å²) in [5.74, 6) is 0.388. The zero-order valence-electron chi connectivity index (χ0n) is 19.3. The third-order valence-corrected chi connectivity index (χ3v) is 8.26. The summed E-state index contributed by atoms with van der Waals surface area (Å²) in [6.45, 7) is 0.184. The fourth-order valence-corrected chi connectivity index (χ4v) is 6.36. The van der Waals surface area contributed by atoms with Crippen molar-refractivity contribution in [1.82, 2.24) is 0 Å². The fraction of sp³-hybridized carbons (Fsp3) is 0.259. The van der Waals surface area contributed by atoms with Crippen molar-refractivity contribution in [2.75, 3.05) is 12.4 Å². The topological polar surface area (TPSA) is 30.5 Å². The van der Waals surface area contributed by atoms with Crippen molar-refractivity contribution < 1.29 is 22.6 Å². The zero-order valence-corrected chi connectivity index (χ0v) is 23.2. The molecule has 0 spiro atoms. The van der Waals surface area contributed by atoms with Crippen LogP contribution in [0.5, 0.6) is 11.5 Å². The summed E-state index contributed by atoms with van der Waals surface area (Å²) in [6, 6.07) is 10.9. The van der Waals surface area contributed by atoms with Crippen molar-refractivity contribution >= 4 is 56.4 Å². The first-order valence-corrected chi connectivity index (χ1v) is 13.3. The molecule has 0 fully saturated rings. The highest BCUT2D eigenvalue weighted by atomic mass is 79.9. The van der Waals surface area contributed by atoms with Gasteiger partial charge in [-0.15, -0.1) is 0 Å². The number of allylic oxidation sites excluding steroid dienone is 2. The lowest BCUT2D eigenvalue weighted by Gasteiger charge is -2.39. The largest absolute Gasteiger partial charge is 0.493 e. The molecule has 3 aromatic rings. The molecule has 0 radical (unpaired) electrons. The number of benzene rings is 3. The predicted octanol–water partition coefficient (Wildman–Crippen LogP) is 9.84. The summed E-state index contributed by atoms with van der Waals surface area (Å²) in [7, 11) is 1.53. The van der Waals surface area contributed by atoms with Gasteiger partial charge in [-0.05, 0) is 75.8 Å². The second kappa shape index (κ2) is 10.3. The number of fused-ring (bicyclic) bond motifs is 3. The maximum absolute atomic E-state index is 13.9. The quantitative estimate of drug-likeness (QED) is 0.284. The average Bonchev–Trinajstić information content (AvgIpc) is 3.33. The summed E-state index contributed by atoms with van der Waals surface area (Å²) in [6.07, 6.45) is -0.0798. The molecule has 1 N–H and O–H groups in total. The number of hydrogen-bond acceptors (Lipinski definition) is 3. The van der Waals surface area contributed by atoms with Gasteiger partial charge in [-0.1, -0.05) is 53.0 Å². The lowest BCUT2D eigenvalue weighted by atomic mass is 9.75. The molecule has 194 valence electrons. The SMILES string of the molecule is COc1cc([C@@H]2Nc3c(Cl)ccc(C(F)(F)F)c3[C@H]3C=CC[C@@H]32)cc(Br)c1OCc1ccc(Cl)cc1Cl. The molecule has 5 rings (SSSR count). The highest BCUT2D eigenvalue weighted by Gasteiger charge is 2.45. The van der Waals surface area contributed by atoms with Crippen molar-refractivity contribution in [3.05, 3.63) is 96.4 Å². The van der Waals surface area contributed by atoms with Crippen molar-refractivity contribution in [2.24, 2.45) is 5.92 Å². The summed E-state index contributed by atoms with van der Waals surface area (Å²) in [5, 5.41) is 4.58. The molecule has 1 aliphatic carbocycles. The Balaban J connectivity index is 1.50.